The maximum atomic E-state index is 12.2. The minimum absolute atomic E-state index is 0.0910. The number of aryl methyl sites for hydroxylation is 1. The third kappa shape index (κ3) is 3.44. The van der Waals surface area contributed by atoms with Gasteiger partial charge in [-0.2, -0.15) is 8.42 Å². The van der Waals surface area contributed by atoms with Gasteiger partial charge < -0.3 is 4.98 Å². The van der Waals surface area contributed by atoms with Gasteiger partial charge in [-0.15, -0.1) is 12.6 Å². The smallest absolute Gasteiger partial charge is 0.296 e. The van der Waals surface area contributed by atoms with Crippen LogP contribution in [-0.2, 0) is 20.7 Å². The van der Waals surface area contributed by atoms with Crippen LogP contribution in [0.1, 0.15) is 11.1 Å². The summed E-state index contributed by atoms with van der Waals surface area (Å²) in [5.41, 5.74) is 2.99. The first kappa shape index (κ1) is 16.1. The number of hydrogen-bond acceptors (Lipinski definition) is 4. The maximum absolute atomic E-state index is 12.2. The Bertz CT molecular complexity index is 928. The summed E-state index contributed by atoms with van der Waals surface area (Å²) in [5.74, 6) is 0. The molecular weight excluding hydrogens is 330 g/mol. The first-order valence-corrected chi connectivity index (χ1v) is 9.07. The van der Waals surface area contributed by atoms with E-state index in [9.17, 15) is 8.42 Å². The van der Waals surface area contributed by atoms with Gasteiger partial charge in [0.05, 0.1) is 11.5 Å². The van der Waals surface area contributed by atoms with E-state index in [1.54, 1.807) is 24.3 Å². The van der Waals surface area contributed by atoms with E-state index >= 15 is 0 Å². The zero-order valence-electron chi connectivity index (χ0n) is 12.6. The Kier molecular flexibility index (Phi) is 4.48. The molecule has 2 aromatic carbocycles. The Balaban J connectivity index is 1.73. The number of aromatic nitrogens is 1. The molecule has 6 heteroatoms. The zero-order chi connectivity index (χ0) is 16.4. The summed E-state index contributed by atoms with van der Waals surface area (Å²) >= 11 is 4.43. The van der Waals surface area contributed by atoms with Crippen molar-refractivity contribution in [2.24, 2.45) is 0 Å². The molecule has 3 aromatic rings. The normalized spacial score (nSPS) is 11.9. The highest BCUT2D eigenvalue weighted by atomic mass is 32.2. The molecule has 120 valence electrons. The fraction of sp³-hybridized carbons (Fsp3) is 0.176. The molecule has 3 rings (SSSR count). The minimum Gasteiger partial charge on any atom is -0.360 e. The van der Waals surface area contributed by atoms with Gasteiger partial charge >= 0.3 is 0 Å². The fourth-order valence-corrected chi connectivity index (χ4v) is 3.72. The second-order valence-corrected chi connectivity index (χ2v) is 7.45. The summed E-state index contributed by atoms with van der Waals surface area (Å²) in [7, 11) is -3.72. The summed E-state index contributed by atoms with van der Waals surface area (Å²) in [5, 5.41) is 1.01. The summed E-state index contributed by atoms with van der Waals surface area (Å²) in [6, 6.07) is 12.5. The number of fused-ring (bicyclic) bond motifs is 1. The highest BCUT2D eigenvalue weighted by molar-refractivity contribution is 7.86. The number of nitrogens with one attached hydrogen (secondary N) is 1. The van der Waals surface area contributed by atoms with Gasteiger partial charge in [-0.05, 0) is 37.1 Å². The van der Waals surface area contributed by atoms with Gasteiger partial charge in [0, 0.05) is 22.0 Å². The van der Waals surface area contributed by atoms with Crippen LogP contribution < -0.4 is 0 Å². The van der Waals surface area contributed by atoms with Crippen molar-refractivity contribution in [2.45, 2.75) is 23.1 Å². The molecule has 1 heterocycles. The van der Waals surface area contributed by atoms with Crippen LogP contribution in [0.5, 0.6) is 0 Å². The molecule has 0 aliphatic heterocycles. The lowest BCUT2D eigenvalue weighted by Crippen LogP contribution is -2.09. The van der Waals surface area contributed by atoms with E-state index in [0.717, 1.165) is 26.9 Å². The number of rotatable bonds is 5. The summed E-state index contributed by atoms with van der Waals surface area (Å²) in [4.78, 5) is 4.15. The average Bonchev–Trinajstić information content (AvgIpc) is 2.90. The van der Waals surface area contributed by atoms with Gasteiger partial charge in [-0.3, -0.25) is 4.18 Å². The van der Waals surface area contributed by atoms with Crippen LogP contribution >= 0.6 is 12.6 Å². The maximum Gasteiger partial charge on any atom is 0.296 e. The zero-order valence-corrected chi connectivity index (χ0v) is 14.3. The summed E-state index contributed by atoms with van der Waals surface area (Å²) in [6.45, 7) is 2.00. The molecule has 23 heavy (non-hydrogen) atoms. The van der Waals surface area contributed by atoms with Crippen LogP contribution in [-0.4, -0.2) is 20.0 Å². The highest BCUT2D eigenvalue weighted by Crippen LogP contribution is 2.26. The lowest BCUT2D eigenvalue weighted by Gasteiger charge is -2.07. The first-order chi connectivity index (χ1) is 11.0. The number of benzene rings is 2. The third-order valence-corrected chi connectivity index (χ3v) is 5.37. The van der Waals surface area contributed by atoms with Crippen LogP contribution in [0.4, 0.5) is 0 Å². The van der Waals surface area contributed by atoms with Gasteiger partial charge in [-0.25, -0.2) is 0 Å². The van der Waals surface area contributed by atoms with Gasteiger partial charge in [0.15, 0.2) is 0 Å². The van der Waals surface area contributed by atoms with Crippen molar-refractivity contribution in [2.75, 3.05) is 6.61 Å². The molecule has 0 aliphatic rings. The van der Waals surface area contributed by atoms with Crippen molar-refractivity contribution in [3.63, 3.8) is 0 Å². The Labute approximate surface area is 141 Å². The molecule has 0 atom stereocenters. The first-order valence-electron chi connectivity index (χ1n) is 7.21. The van der Waals surface area contributed by atoms with Gasteiger partial charge in [-0.1, -0.05) is 29.8 Å². The topological polar surface area (TPSA) is 59.2 Å². The largest absolute Gasteiger partial charge is 0.360 e. The highest BCUT2D eigenvalue weighted by Gasteiger charge is 2.15. The molecular formula is C17H17NO3S2. The predicted molar refractivity (Wildman–Crippen MR) is 93.6 cm³/mol. The van der Waals surface area contributed by atoms with Crippen LogP contribution in [0, 0.1) is 6.92 Å². The van der Waals surface area contributed by atoms with Crippen molar-refractivity contribution in [1.82, 2.24) is 4.98 Å². The van der Waals surface area contributed by atoms with Gasteiger partial charge in [0.1, 0.15) is 0 Å². The second kappa shape index (κ2) is 6.39. The fourth-order valence-electron chi connectivity index (χ4n) is 2.48. The number of hydrogen-bond donors (Lipinski definition) is 2. The van der Waals surface area contributed by atoms with Gasteiger partial charge in [0.25, 0.3) is 10.1 Å². The van der Waals surface area contributed by atoms with Crippen molar-refractivity contribution in [3.8, 4) is 0 Å². The standard InChI is InChI=1S/C17H17NO3S2/c1-12-5-7-14(8-6-12)23(19,20)21-10-9-13-3-2-4-15-17(13)16(22)11-18-15/h2-8,11,18,22H,9-10H2,1H3. The van der Waals surface area contributed by atoms with Crippen LogP contribution in [0.3, 0.4) is 0 Å². The SMILES string of the molecule is Cc1ccc(S(=O)(=O)OCCc2cccc3[nH]cc(S)c23)cc1. The van der Waals surface area contributed by atoms with E-state index in [-0.39, 0.29) is 11.5 Å². The van der Waals surface area contributed by atoms with E-state index in [2.05, 4.69) is 17.6 Å². The van der Waals surface area contributed by atoms with Crippen molar-refractivity contribution >= 4 is 33.6 Å². The summed E-state index contributed by atoms with van der Waals surface area (Å²) < 4.78 is 29.5. The lowest BCUT2D eigenvalue weighted by molar-refractivity contribution is 0.322. The second-order valence-electron chi connectivity index (χ2n) is 5.35. The summed E-state index contributed by atoms with van der Waals surface area (Å²) in [6.07, 6.45) is 2.31. The third-order valence-electron chi connectivity index (χ3n) is 3.69. The molecule has 0 saturated heterocycles. The van der Waals surface area contributed by atoms with E-state index in [0.29, 0.717) is 6.42 Å². The van der Waals surface area contributed by atoms with E-state index in [4.69, 9.17) is 4.18 Å². The van der Waals surface area contributed by atoms with E-state index in [1.165, 1.54) is 0 Å². The molecule has 4 nitrogen and oxygen atoms in total. The molecule has 0 bridgehead atoms. The molecule has 0 saturated carbocycles. The Morgan fingerprint density at radius 3 is 2.61 bits per heavy atom. The lowest BCUT2D eigenvalue weighted by atomic mass is 10.1. The molecule has 0 amide bonds. The molecule has 0 unspecified atom stereocenters. The predicted octanol–water partition coefficient (Wildman–Crippen LogP) is 3.71. The monoisotopic (exact) mass is 347 g/mol. The molecule has 0 aliphatic carbocycles. The van der Waals surface area contributed by atoms with Crippen molar-refractivity contribution in [1.29, 1.82) is 0 Å². The Morgan fingerprint density at radius 1 is 1.13 bits per heavy atom. The van der Waals surface area contributed by atoms with E-state index < -0.39 is 10.1 Å². The van der Waals surface area contributed by atoms with Crippen molar-refractivity contribution < 1.29 is 12.6 Å². The molecule has 1 N–H and O–H groups in total. The average molecular weight is 347 g/mol. The van der Waals surface area contributed by atoms with Gasteiger partial charge in [0.2, 0.25) is 0 Å². The van der Waals surface area contributed by atoms with Crippen LogP contribution in [0.15, 0.2) is 58.5 Å². The van der Waals surface area contributed by atoms with Crippen LogP contribution in [0.2, 0.25) is 0 Å². The van der Waals surface area contributed by atoms with Crippen molar-refractivity contribution in [3.05, 3.63) is 59.8 Å². The van der Waals surface area contributed by atoms with Crippen LogP contribution in [0.25, 0.3) is 10.9 Å². The molecule has 0 spiro atoms. The number of aromatic amines is 1. The number of thiol groups is 1. The minimum atomic E-state index is -3.72. The number of H-pyrrole nitrogens is 1. The molecule has 0 fully saturated rings. The Morgan fingerprint density at radius 2 is 1.87 bits per heavy atom. The molecule has 0 radical (unpaired) electrons. The quantitative estimate of drug-likeness (QED) is 0.546. The molecule has 1 aromatic heterocycles. The van der Waals surface area contributed by atoms with E-state index in [1.807, 2.05) is 31.3 Å². The Hall–Kier alpha value is -1.76.